The van der Waals surface area contributed by atoms with Crippen molar-refractivity contribution in [3.05, 3.63) is 0 Å². The third-order valence-corrected chi connectivity index (χ3v) is 4.53. The number of amides is 1. The van der Waals surface area contributed by atoms with Gasteiger partial charge in [0.05, 0.1) is 5.92 Å². The van der Waals surface area contributed by atoms with Crippen molar-refractivity contribution in [2.45, 2.75) is 51.5 Å². The van der Waals surface area contributed by atoms with Crippen molar-refractivity contribution in [1.29, 1.82) is 0 Å². The van der Waals surface area contributed by atoms with Crippen LogP contribution < -0.4 is 5.32 Å². The van der Waals surface area contributed by atoms with Crippen LogP contribution in [0.2, 0.25) is 0 Å². The van der Waals surface area contributed by atoms with Crippen LogP contribution in [-0.4, -0.2) is 37.0 Å². The van der Waals surface area contributed by atoms with Gasteiger partial charge >= 0.3 is 0 Å². The first-order valence-electron chi connectivity index (χ1n) is 7.16. The average Bonchev–Trinajstić information content (AvgIpc) is 2.39. The van der Waals surface area contributed by atoms with Crippen molar-refractivity contribution in [2.24, 2.45) is 11.8 Å². The first-order valence-corrected chi connectivity index (χ1v) is 7.16. The summed E-state index contributed by atoms with van der Waals surface area (Å²) in [5, 5.41) is 3.33. The van der Waals surface area contributed by atoms with E-state index in [0.717, 1.165) is 31.8 Å². The van der Waals surface area contributed by atoms with Gasteiger partial charge in [-0.05, 0) is 51.0 Å². The number of hydrogen-bond acceptors (Lipinski definition) is 2. The maximum Gasteiger partial charge on any atom is 0.226 e. The van der Waals surface area contributed by atoms with Gasteiger partial charge in [0, 0.05) is 19.6 Å². The standard InChI is InChI=1S/C14H26N2O.ClH/c1-11-5-7-13(8-6-11)16(2)14(17)12-4-3-9-15-10-12;/h11-13,15H,3-10H2,1-2H3;1H. The van der Waals surface area contributed by atoms with Gasteiger partial charge in [-0.3, -0.25) is 4.79 Å². The fraction of sp³-hybridized carbons (Fsp3) is 0.929. The monoisotopic (exact) mass is 274 g/mol. The van der Waals surface area contributed by atoms with E-state index in [4.69, 9.17) is 0 Å². The largest absolute Gasteiger partial charge is 0.342 e. The Hall–Kier alpha value is -0.280. The molecule has 0 aromatic heterocycles. The molecule has 1 heterocycles. The predicted molar refractivity (Wildman–Crippen MR) is 77.0 cm³/mol. The molecule has 18 heavy (non-hydrogen) atoms. The zero-order valence-electron chi connectivity index (χ0n) is 11.7. The molecule has 1 amide bonds. The molecule has 1 unspecified atom stereocenters. The van der Waals surface area contributed by atoms with Gasteiger partial charge in [0.1, 0.15) is 0 Å². The molecular weight excluding hydrogens is 248 g/mol. The number of piperidine rings is 1. The number of nitrogens with one attached hydrogen (secondary N) is 1. The van der Waals surface area contributed by atoms with Gasteiger partial charge in [0.2, 0.25) is 5.91 Å². The number of carbonyl (C=O) groups excluding carboxylic acids is 1. The van der Waals surface area contributed by atoms with Crippen molar-refractivity contribution < 1.29 is 4.79 Å². The van der Waals surface area contributed by atoms with Crippen LogP contribution in [0, 0.1) is 11.8 Å². The zero-order chi connectivity index (χ0) is 12.3. The smallest absolute Gasteiger partial charge is 0.226 e. The van der Waals surface area contributed by atoms with E-state index in [-0.39, 0.29) is 18.3 Å². The fourth-order valence-electron chi connectivity index (χ4n) is 3.16. The molecule has 106 valence electrons. The van der Waals surface area contributed by atoms with Crippen LogP contribution >= 0.6 is 12.4 Å². The summed E-state index contributed by atoms with van der Waals surface area (Å²) in [4.78, 5) is 14.4. The molecule has 4 heteroatoms. The van der Waals surface area contributed by atoms with E-state index in [1.165, 1.54) is 25.7 Å². The van der Waals surface area contributed by atoms with Gasteiger partial charge in [0.15, 0.2) is 0 Å². The number of halogens is 1. The van der Waals surface area contributed by atoms with Crippen molar-refractivity contribution in [3.63, 3.8) is 0 Å². The van der Waals surface area contributed by atoms with E-state index in [9.17, 15) is 4.79 Å². The van der Waals surface area contributed by atoms with Crippen LogP contribution in [0.15, 0.2) is 0 Å². The molecule has 0 spiro atoms. The second-order valence-electron chi connectivity index (χ2n) is 5.91. The zero-order valence-corrected chi connectivity index (χ0v) is 12.5. The summed E-state index contributed by atoms with van der Waals surface area (Å²) in [5.74, 6) is 1.45. The second-order valence-corrected chi connectivity index (χ2v) is 5.91. The SMILES string of the molecule is CC1CCC(N(C)C(=O)C2CCCNC2)CC1.Cl. The Morgan fingerprint density at radius 1 is 1.17 bits per heavy atom. The molecule has 1 saturated carbocycles. The lowest BCUT2D eigenvalue weighted by molar-refractivity contribution is -0.137. The van der Waals surface area contributed by atoms with Crippen LogP contribution in [0.1, 0.15) is 45.4 Å². The molecule has 1 saturated heterocycles. The molecule has 2 rings (SSSR count). The molecule has 0 aromatic rings. The Kier molecular flexibility index (Phi) is 6.44. The highest BCUT2D eigenvalue weighted by Crippen LogP contribution is 2.27. The molecule has 1 aliphatic carbocycles. The van der Waals surface area contributed by atoms with Crippen LogP contribution in [-0.2, 0) is 4.79 Å². The van der Waals surface area contributed by atoms with Gasteiger partial charge in [-0.1, -0.05) is 6.92 Å². The number of rotatable bonds is 2. The van der Waals surface area contributed by atoms with Crippen molar-refractivity contribution in [2.75, 3.05) is 20.1 Å². The van der Waals surface area contributed by atoms with Crippen LogP contribution in [0.3, 0.4) is 0 Å². The Balaban J connectivity index is 0.00000162. The molecule has 0 radical (unpaired) electrons. The highest BCUT2D eigenvalue weighted by Gasteiger charge is 2.29. The lowest BCUT2D eigenvalue weighted by Crippen LogP contribution is -2.46. The van der Waals surface area contributed by atoms with Gasteiger partial charge in [-0.2, -0.15) is 0 Å². The first-order chi connectivity index (χ1) is 8.18. The van der Waals surface area contributed by atoms with Crippen molar-refractivity contribution in [3.8, 4) is 0 Å². The first kappa shape index (κ1) is 15.8. The quantitative estimate of drug-likeness (QED) is 0.839. The minimum atomic E-state index is 0. The minimum Gasteiger partial charge on any atom is -0.342 e. The van der Waals surface area contributed by atoms with Gasteiger partial charge in [-0.15, -0.1) is 12.4 Å². The van der Waals surface area contributed by atoms with Crippen LogP contribution in [0.5, 0.6) is 0 Å². The summed E-state index contributed by atoms with van der Waals surface area (Å²) in [6, 6.07) is 0.501. The van der Waals surface area contributed by atoms with Gasteiger partial charge < -0.3 is 10.2 Å². The number of carbonyl (C=O) groups is 1. The third-order valence-electron chi connectivity index (χ3n) is 4.53. The van der Waals surface area contributed by atoms with E-state index in [0.29, 0.717) is 11.9 Å². The van der Waals surface area contributed by atoms with E-state index in [1.54, 1.807) is 0 Å². The summed E-state index contributed by atoms with van der Waals surface area (Å²) in [7, 11) is 2.01. The molecule has 1 N–H and O–H groups in total. The number of nitrogens with zero attached hydrogens (tertiary/aromatic N) is 1. The van der Waals surface area contributed by atoms with E-state index >= 15 is 0 Å². The van der Waals surface area contributed by atoms with Crippen LogP contribution in [0.4, 0.5) is 0 Å². The predicted octanol–water partition coefficient (Wildman–Crippen LogP) is 2.44. The Morgan fingerprint density at radius 2 is 1.83 bits per heavy atom. The lowest BCUT2D eigenvalue weighted by Gasteiger charge is -2.36. The molecule has 1 aliphatic heterocycles. The normalized spacial score (nSPS) is 32.4. The maximum atomic E-state index is 12.4. The Bertz CT molecular complexity index is 259. The molecule has 3 nitrogen and oxygen atoms in total. The molecule has 0 aromatic carbocycles. The van der Waals surface area contributed by atoms with Crippen molar-refractivity contribution >= 4 is 18.3 Å². The molecule has 2 aliphatic rings. The third kappa shape index (κ3) is 3.86. The van der Waals surface area contributed by atoms with Gasteiger partial charge in [-0.25, -0.2) is 0 Å². The number of hydrogen-bond donors (Lipinski definition) is 1. The molecular formula is C14H27ClN2O. The Labute approximate surface area is 117 Å². The minimum absolute atomic E-state index is 0. The average molecular weight is 275 g/mol. The summed E-state index contributed by atoms with van der Waals surface area (Å²) in [5.41, 5.74) is 0. The highest BCUT2D eigenvalue weighted by atomic mass is 35.5. The second kappa shape index (κ2) is 7.34. The fourth-order valence-corrected chi connectivity index (χ4v) is 3.16. The van der Waals surface area contributed by atoms with E-state index in [2.05, 4.69) is 12.2 Å². The van der Waals surface area contributed by atoms with Gasteiger partial charge in [0.25, 0.3) is 0 Å². The summed E-state index contributed by atoms with van der Waals surface area (Å²) in [6.45, 7) is 4.28. The topological polar surface area (TPSA) is 32.3 Å². The molecule has 2 fully saturated rings. The van der Waals surface area contributed by atoms with Crippen LogP contribution in [0.25, 0.3) is 0 Å². The summed E-state index contributed by atoms with van der Waals surface area (Å²) >= 11 is 0. The molecule has 0 bridgehead atoms. The lowest BCUT2D eigenvalue weighted by atomic mass is 9.86. The van der Waals surface area contributed by atoms with E-state index < -0.39 is 0 Å². The van der Waals surface area contributed by atoms with E-state index in [1.807, 2.05) is 11.9 Å². The summed E-state index contributed by atoms with van der Waals surface area (Å²) in [6.07, 6.45) is 7.18. The maximum absolute atomic E-state index is 12.4. The summed E-state index contributed by atoms with van der Waals surface area (Å²) < 4.78 is 0. The molecule has 1 atom stereocenters. The highest BCUT2D eigenvalue weighted by molar-refractivity contribution is 5.85. The Morgan fingerprint density at radius 3 is 2.39 bits per heavy atom. The van der Waals surface area contributed by atoms with Crippen molar-refractivity contribution in [1.82, 2.24) is 10.2 Å².